The molecule has 1 unspecified atom stereocenters. The third-order valence-electron chi connectivity index (χ3n) is 3.06. The minimum atomic E-state index is -0.506. The Hall–Kier alpha value is -2.39. The molecule has 6 heteroatoms. The van der Waals surface area contributed by atoms with Gasteiger partial charge in [-0.2, -0.15) is 0 Å². The first-order valence-corrected chi connectivity index (χ1v) is 6.24. The van der Waals surface area contributed by atoms with Gasteiger partial charge in [-0.15, -0.1) is 0 Å². The van der Waals surface area contributed by atoms with Crippen LogP contribution in [0.4, 0.5) is 0 Å². The van der Waals surface area contributed by atoms with E-state index < -0.39 is 11.9 Å². The summed E-state index contributed by atoms with van der Waals surface area (Å²) in [6, 6.07) is 2.80. The number of nitrogens with zero attached hydrogens (tertiary/aromatic N) is 2. The second-order valence-electron chi connectivity index (χ2n) is 4.43. The molecule has 2 N–H and O–H groups in total. The van der Waals surface area contributed by atoms with Crippen LogP contribution in [0.15, 0.2) is 18.3 Å². The predicted octanol–water partition coefficient (Wildman–Crippen LogP) is -0.614. The Kier molecular flexibility index (Phi) is 4.33. The fourth-order valence-corrected chi connectivity index (χ4v) is 2.00. The zero-order chi connectivity index (χ0) is 14.5. The van der Waals surface area contributed by atoms with Crippen molar-refractivity contribution in [1.82, 2.24) is 15.2 Å². The molecule has 1 aromatic rings. The molecule has 0 bridgehead atoms. The lowest BCUT2D eigenvalue weighted by atomic mass is 10.1. The van der Waals surface area contributed by atoms with Crippen LogP contribution in [0, 0.1) is 11.8 Å². The van der Waals surface area contributed by atoms with E-state index in [1.165, 1.54) is 6.20 Å². The summed E-state index contributed by atoms with van der Waals surface area (Å²) in [5.41, 5.74) is 0.591. The molecular weight excluding hydrogens is 258 g/mol. The van der Waals surface area contributed by atoms with Crippen LogP contribution in [0.2, 0.25) is 0 Å². The largest absolute Gasteiger partial charge is 0.384 e. The minimum Gasteiger partial charge on any atom is -0.384 e. The number of aliphatic hydroxyl groups is 1. The predicted molar refractivity (Wildman–Crippen MR) is 71.7 cm³/mol. The van der Waals surface area contributed by atoms with Crippen LogP contribution in [-0.2, 0) is 4.79 Å². The molecular formula is C14H15N3O3. The Labute approximate surface area is 116 Å². The van der Waals surface area contributed by atoms with Crippen LogP contribution in [0.3, 0.4) is 0 Å². The molecule has 1 atom stereocenters. The molecule has 20 heavy (non-hydrogen) atoms. The Morgan fingerprint density at radius 3 is 3.10 bits per heavy atom. The van der Waals surface area contributed by atoms with Gasteiger partial charge in [0, 0.05) is 19.8 Å². The number of rotatable bonds is 2. The van der Waals surface area contributed by atoms with E-state index in [1.807, 2.05) is 0 Å². The van der Waals surface area contributed by atoms with Gasteiger partial charge in [0.05, 0.1) is 5.56 Å². The molecule has 1 saturated heterocycles. The first-order chi connectivity index (χ1) is 9.63. The van der Waals surface area contributed by atoms with Gasteiger partial charge in [0.2, 0.25) is 5.91 Å². The maximum absolute atomic E-state index is 12.2. The lowest BCUT2D eigenvalue weighted by molar-refractivity contribution is -0.128. The summed E-state index contributed by atoms with van der Waals surface area (Å²) in [7, 11) is 1.70. The van der Waals surface area contributed by atoms with Crippen LogP contribution < -0.4 is 5.32 Å². The number of likely N-dealkylation sites (N-methyl/N-ethyl adjacent to an activating group) is 1. The van der Waals surface area contributed by atoms with E-state index >= 15 is 0 Å². The summed E-state index contributed by atoms with van der Waals surface area (Å²) in [4.78, 5) is 29.5. The molecule has 0 saturated carbocycles. The van der Waals surface area contributed by atoms with Crippen LogP contribution in [-0.4, -0.2) is 53.0 Å². The van der Waals surface area contributed by atoms with Gasteiger partial charge in [-0.25, -0.2) is 4.98 Å². The molecule has 0 aromatic carbocycles. The highest BCUT2D eigenvalue weighted by Crippen LogP contribution is 2.10. The molecule has 1 aromatic heterocycles. The summed E-state index contributed by atoms with van der Waals surface area (Å²) in [6.07, 6.45) is 2.08. The van der Waals surface area contributed by atoms with E-state index in [4.69, 9.17) is 5.11 Å². The summed E-state index contributed by atoms with van der Waals surface area (Å²) >= 11 is 0. The van der Waals surface area contributed by atoms with Gasteiger partial charge in [-0.3, -0.25) is 9.59 Å². The Bertz CT molecular complexity index is 589. The van der Waals surface area contributed by atoms with Gasteiger partial charge in [-0.1, -0.05) is 11.8 Å². The summed E-state index contributed by atoms with van der Waals surface area (Å²) in [6.45, 7) is 0.338. The molecule has 2 heterocycles. The number of nitrogens with one attached hydrogen (secondary N) is 1. The van der Waals surface area contributed by atoms with Gasteiger partial charge in [0.1, 0.15) is 18.3 Å². The quantitative estimate of drug-likeness (QED) is 0.704. The van der Waals surface area contributed by atoms with E-state index in [0.29, 0.717) is 18.5 Å². The fourth-order valence-electron chi connectivity index (χ4n) is 2.00. The summed E-state index contributed by atoms with van der Waals surface area (Å²) in [5.74, 6) is 4.62. The number of amides is 2. The summed E-state index contributed by atoms with van der Waals surface area (Å²) < 4.78 is 0. The third kappa shape index (κ3) is 2.95. The second kappa shape index (κ2) is 6.17. The van der Waals surface area contributed by atoms with Crippen molar-refractivity contribution >= 4 is 11.8 Å². The lowest BCUT2D eigenvalue weighted by Gasteiger charge is -2.12. The van der Waals surface area contributed by atoms with Gasteiger partial charge in [0.15, 0.2) is 0 Å². The van der Waals surface area contributed by atoms with Crippen molar-refractivity contribution in [3.63, 3.8) is 0 Å². The number of hydrogen-bond donors (Lipinski definition) is 2. The molecule has 1 fully saturated rings. The minimum absolute atomic E-state index is 0.0997. The number of pyridine rings is 1. The SMILES string of the molecule is CN1CCC(NC(=O)c2ncccc2C#CCO)C1=O. The van der Waals surface area contributed by atoms with Crippen molar-refractivity contribution in [2.45, 2.75) is 12.5 Å². The van der Waals surface area contributed by atoms with Crippen LogP contribution in [0.5, 0.6) is 0 Å². The maximum atomic E-state index is 12.2. The molecule has 6 nitrogen and oxygen atoms in total. The van der Waals surface area contributed by atoms with E-state index in [9.17, 15) is 9.59 Å². The number of likely N-dealkylation sites (tertiary alicyclic amines) is 1. The smallest absolute Gasteiger partial charge is 0.271 e. The number of carbonyl (C=O) groups is 2. The van der Waals surface area contributed by atoms with Crippen molar-refractivity contribution in [3.05, 3.63) is 29.6 Å². The molecule has 0 radical (unpaired) electrons. The van der Waals surface area contributed by atoms with E-state index in [0.717, 1.165) is 0 Å². The molecule has 2 rings (SSSR count). The lowest BCUT2D eigenvalue weighted by Crippen LogP contribution is -2.41. The van der Waals surface area contributed by atoms with Gasteiger partial charge < -0.3 is 15.3 Å². The maximum Gasteiger partial charge on any atom is 0.271 e. The highest BCUT2D eigenvalue weighted by atomic mass is 16.2. The highest BCUT2D eigenvalue weighted by Gasteiger charge is 2.31. The van der Waals surface area contributed by atoms with Gasteiger partial charge in [0.25, 0.3) is 5.91 Å². The van der Waals surface area contributed by atoms with Crippen molar-refractivity contribution < 1.29 is 14.7 Å². The van der Waals surface area contributed by atoms with E-state index in [1.54, 1.807) is 24.1 Å². The molecule has 0 spiro atoms. The van der Waals surface area contributed by atoms with E-state index in [-0.39, 0.29) is 18.2 Å². The second-order valence-corrected chi connectivity index (χ2v) is 4.43. The van der Waals surface area contributed by atoms with E-state index in [2.05, 4.69) is 22.1 Å². The first-order valence-electron chi connectivity index (χ1n) is 6.24. The summed E-state index contributed by atoms with van der Waals surface area (Å²) in [5, 5.41) is 11.4. The Balaban J connectivity index is 2.15. The van der Waals surface area contributed by atoms with Crippen LogP contribution >= 0.6 is 0 Å². The average Bonchev–Trinajstić information content (AvgIpc) is 2.77. The zero-order valence-corrected chi connectivity index (χ0v) is 11.1. The Morgan fingerprint density at radius 2 is 2.45 bits per heavy atom. The first kappa shape index (κ1) is 14.0. The van der Waals surface area contributed by atoms with Crippen LogP contribution in [0.25, 0.3) is 0 Å². The number of carbonyl (C=O) groups excluding carboxylic acids is 2. The molecule has 2 amide bonds. The topological polar surface area (TPSA) is 82.5 Å². The zero-order valence-electron chi connectivity index (χ0n) is 11.1. The molecule has 1 aliphatic heterocycles. The third-order valence-corrected chi connectivity index (χ3v) is 3.06. The molecule has 1 aliphatic rings. The number of aliphatic hydroxyl groups excluding tert-OH is 1. The molecule has 0 aliphatic carbocycles. The van der Waals surface area contributed by atoms with Crippen molar-refractivity contribution in [2.75, 3.05) is 20.2 Å². The standard InChI is InChI=1S/C14H15N3O3/c1-17-8-6-11(14(17)20)16-13(19)12-10(5-3-9-18)4-2-7-15-12/h2,4,7,11,18H,6,8-9H2,1H3,(H,16,19). The number of hydrogen-bond acceptors (Lipinski definition) is 4. The normalized spacial score (nSPS) is 17.6. The van der Waals surface area contributed by atoms with Gasteiger partial charge in [-0.05, 0) is 18.6 Å². The monoisotopic (exact) mass is 273 g/mol. The van der Waals surface area contributed by atoms with Crippen molar-refractivity contribution in [1.29, 1.82) is 0 Å². The fraction of sp³-hybridized carbons (Fsp3) is 0.357. The van der Waals surface area contributed by atoms with Crippen LogP contribution in [0.1, 0.15) is 22.5 Å². The molecule has 104 valence electrons. The average molecular weight is 273 g/mol. The van der Waals surface area contributed by atoms with Crippen molar-refractivity contribution in [3.8, 4) is 11.8 Å². The number of aromatic nitrogens is 1. The van der Waals surface area contributed by atoms with Crippen molar-refractivity contribution in [2.24, 2.45) is 0 Å². The Morgan fingerprint density at radius 1 is 1.65 bits per heavy atom. The highest BCUT2D eigenvalue weighted by molar-refractivity contribution is 5.98. The van der Waals surface area contributed by atoms with Gasteiger partial charge >= 0.3 is 0 Å².